The van der Waals surface area contributed by atoms with Crippen LogP contribution in [0, 0.1) is 17.1 Å². The summed E-state index contributed by atoms with van der Waals surface area (Å²) in [6.07, 6.45) is 0.607. The molecule has 1 aromatic heterocycles. The first-order valence-corrected chi connectivity index (χ1v) is 6.28. The monoisotopic (exact) mass is 265 g/mol. The maximum Gasteiger partial charge on any atom is 0.123 e. The summed E-state index contributed by atoms with van der Waals surface area (Å²) in [5.41, 5.74) is 3.21. The highest BCUT2D eigenvalue weighted by atomic mass is 19.1. The number of para-hydroxylation sites is 1. The Morgan fingerprint density at radius 3 is 2.65 bits per heavy atom. The number of rotatable bonds is 2. The fraction of sp³-hybridized carbons (Fsp3) is 0.125. The quantitative estimate of drug-likeness (QED) is 0.714. The third-order valence-corrected chi connectivity index (χ3v) is 3.40. The van der Waals surface area contributed by atoms with Crippen LogP contribution in [0.1, 0.15) is 17.0 Å². The van der Waals surface area contributed by atoms with Crippen molar-refractivity contribution in [1.29, 1.82) is 5.26 Å². The van der Waals surface area contributed by atoms with Crippen LogP contribution in [-0.2, 0) is 13.5 Å². The molecule has 0 saturated heterocycles. The predicted octanol–water partition coefficient (Wildman–Crippen LogP) is 3.17. The molecule has 0 aliphatic heterocycles. The molecule has 0 saturated carbocycles. The fourth-order valence-corrected chi connectivity index (χ4v) is 2.30. The molecular weight excluding hydrogens is 253 g/mol. The third kappa shape index (κ3) is 2.04. The molecule has 0 radical (unpaired) electrons. The molecule has 0 bridgehead atoms. The van der Waals surface area contributed by atoms with Crippen molar-refractivity contribution in [3.05, 3.63) is 65.2 Å². The second kappa shape index (κ2) is 4.78. The number of imidazole rings is 1. The Morgan fingerprint density at radius 1 is 1.20 bits per heavy atom. The summed E-state index contributed by atoms with van der Waals surface area (Å²) in [6, 6.07) is 14.1. The molecule has 3 rings (SSSR count). The number of hydrogen-bond donors (Lipinski definition) is 0. The lowest BCUT2D eigenvalue weighted by atomic mass is 10.1. The number of nitrogens with zero attached hydrogens (tertiary/aromatic N) is 3. The maximum absolute atomic E-state index is 12.9. The average molecular weight is 265 g/mol. The molecule has 0 unspecified atom stereocenters. The van der Waals surface area contributed by atoms with Gasteiger partial charge in [-0.05, 0) is 29.8 Å². The van der Waals surface area contributed by atoms with Gasteiger partial charge in [0.15, 0.2) is 0 Å². The largest absolute Gasteiger partial charge is 0.331 e. The normalized spacial score (nSPS) is 10.7. The van der Waals surface area contributed by atoms with Gasteiger partial charge in [-0.25, -0.2) is 9.37 Å². The van der Waals surface area contributed by atoms with E-state index >= 15 is 0 Å². The lowest BCUT2D eigenvalue weighted by molar-refractivity contribution is 0.627. The summed E-state index contributed by atoms with van der Waals surface area (Å²) in [4.78, 5) is 4.55. The van der Waals surface area contributed by atoms with E-state index < -0.39 is 0 Å². The number of halogens is 1. The number of fused-ring (bicyclic) bond motifs is 1. The summed E-state index contributed by atoms with van der Waals surface area (Å²) in [6.45, 7) is 0. The Hall–Kier alpha value is -2.67. The SMILES string of the molecule is Cn1c(Cc2ccc(F)cc2)nc2c(C#N)cccc21. The van der Waals surface area contributed by atoms with E-state index in [1.54, 1.807) is 18.2 Å². The van der Waals surface area contributed by atoms with Crippen molar-refractivity contribution >= 4 is 11.0 Å². The Kier molecular flexibility index (Phi) is 2.96. The predicted molar refractivity (Wildman–Crippen MR) is 74.6 cm³/mol. The van der Waals surface area contributed by atoms with E-state index in [4.69, 9.17) is 5.26 Å². The van der Waals surface area contributed by atoms with Crippen molar-refractivity contribution in [3.8, 4) is 6.07 Å². The van der Waals surface area contributed by atoms with Crippen molar-refractivity contribution < 1.29 is 4.39 Å². The van der Waals surface area contributed by atoms with Crippen molar-refractivity contribution in [1.82, 2.24) is 9.55 Å². The standard InChI is InChI=1S/C16H12FN3/c1-20-14-4-2-3-12(10-18)16(14)19-15(20)9-11-5-7-13(17)8-6-11/h2-8H,9H2,1H3. The minimum atomic E-state index is -0.245. The van der Waals surface area contributed by atoms with E-state index in [9.17, 15) is 4.39 Å². The van der Waals surface area contributed by atoms with Gasteiger partial charge >= 0.3 is 0 Å². The first-order valence-electron chi connectivity index (χ1n) is 6.28. The topological polar surface area (TPSA) is 41.6 Å². The van der Waals surface area contributed by atoms with Gasteiger partial charge in [-0.2, -0.15) is 5.26 Å². The van der Waals surface area contributed by atoms with Crippen LogP contribution >= 0.6 is 0 Å². The Morgan fingerprint density at radius 2 is 1.95 bits per heavy atom. The highest BCUT2D eigenvalue weighted by molar-refractivity contribution is 5.82. The minimum absolute atomic E-state index is 0.245. The van der Waals surface area contributed by atoms with Crippen LogP contribution in [0.25, 0.3) is 11.0 Å². The molecule has 0 fully saturated rings. The van der Waals surface area contributed by atoms with Gasteiger partial charge < -0.3 is 4.57 Å². The number of benzene rings is 2. The summed E-state index contributed by atoms with van der Waals surface area (Å²) in [5.74, 6) is 0.611. The molecule has 20 heavy (non-hydrogen) atoms. The van der Waals surface area contributed by atoms with E-state index in [0.717, 1.165) is 22.4 Å². The molecule has 0 aliphatic carbocycles. The summed E-state index contributed by atoms with van der Waals surface area (Å²) in [5, 5.41) is 9.12. The van der Waals surface area contributed by atoms with Crippen molar-refractivity contribution in [2.45, 2.75) is 6.42 Å². The lowest BCUT2D eigenvalue weighted by Crippen LogP contribution is -1.99. The lowest BCUT2D eigenvalue weighted by Gasteiger charge is -2.02. The van der Waals surface area contributed by atoms with Gasteiger partial charge in [-0.15, -0.1) is 0 Å². The number of nitriles is 1. The number of aromatic nitrogens is 2. The summed E-state index contributed by atoms with van der Waals surface area (Å²) < 4.78 is 14.9. The molecule has 0 amide bonds. The van der Waals surface area contributed by atoms with Crippen molar-refractivity contribution in [3.63, 3.8) is 0 Å². The van der Waals surface area contributed by atoms with E-state index in [1.807, 2.05) is 23.7 Å². The number of hydrogen-bond acceptors (Lipinski definition) is 2. The van der Waals surface area contributed by atoms with Crippen LogP contribution in [-0.4, -0.2) is 9.55 Å². The Labute approximate surface area is 115 Å². The van der Waals surface area contributed by atoms with Gasteiger partial charge in [0.25, 0.3) is 0 Å². The maximum atomic E-state index is 12.9. The van der Waals surface area contributed by atoms with E-state index in [1.165, 1.54) is 12.1 Å². The second-order valence-corrected chi connectivity index (χ2v) is 4.68. The van der Waals surface area contributed by atoms with Gasteiger partial charge in [0.1, 0.15) is 23.2 Å². The highest BCUT2D eigenvalue weighted by Gasteiger charge is 2.11. The van der Waals surface area contributed by atoms with E-state index in [-0.39, 0.29) is 5.82 Å². The molecular formula is C16H12FN3. The van der Waals surface area contributed by atoms with Crippen LogP contribution in [0.5, 0.6) is 0 Å². The first-order chi connectivity index (χ1) is 9.69. The van der Waals surface area contributed by atoms with Gasteiger partial charge in [-0.3, -0.25) is 0 Å². The fourth-order valence-electron chi connectivity index (χ4n) is 2.30. The zero-order chi connectivity index (χ0) is 14.1. The first kappa shape index (κ1) is 12.4. The molecule has 98 valence electrons. The second-order valence-electron chi connectivity index (χ2n) is 4.68. The molecule has 0 atom stereocenters. The van der Waals surface area contributed by atoms with Crippen LogP contribution in [0.3, 0.4) is 0 Å². The van der Waals surface area contributed by atoms with E-state index in [2.05, 4.69) is 11.1 Å². The molecule has 4 heteroatoms. The van der Waals surface area contributed by atoms with Crippen molar-refractivity contribution in [2.24, 2.45) is 7.05 Å². The van der Waals surface area contributed by atoms with Gasteiger partial charge in [0.05, 0.1) is 11.1 Å². The zero-order valence-electron chi connectivity index (χ0n) is 11.0. The van der Waals surface area contributed by atoms with Crippen molar-refractivity contribution in [2.75, 3.05) is 0 Å². The molecule has 1 heterocycles. The molecule has 0 aliphatic rings. The molecule has 0 spiro atoms. The van der Waals surface area contributed by atoms with Crippen LogP contribution in [0.4, 0.5) is 4.39 Å². The minimum Gasteiger partial charge on any atom is -0.331 e. The van der Waals surface area contributed by atoms with Crippen LogP contribution in [0.15, 0.2) is 42.5 Å². The van der Waals surface area contributed by atoms with Crippen LogP contribution in [0.2, 0.25) is 0 Å². The summed E-state index contributed by atoms with van der Waals surface area (Å²) >= 11 is 0. The van der Waals surface area contributed by atoms with Gasteiger partial charge in [0, 0.05) is 13.5 Å². The molecule has 0 N–H and O–H groups in total. The summed E-state index contributed by atoms with van der Waals surface area (Å²) in [7, 11) is 1.93. The number of aryl methyl sites for hydroxylation is 1. The highest BCUT2D eigenvalue weighted by Crippen LogP contribution is 2.20. The molecule has 3 aromatic rings. The smallest absolute Gasteiger partial charge is 0.123 e. The molecule has 2 aromatic carbocycles. The zero-order valence-corrected chi connectivity index (χ0v) is 11.0. The average Bonchev–Trinajstić information content (AvgIpc) is 2.78. The third-order valence-electron chi connectivity index (χ3n) is 3.40. The molecule has 3 nitrogen and oxygen atoms in total. The Balaban J connectivity index is 2.06. The Bertz CT molecular complexity index is 810. The van der Waals surface area contributed by atoms with Gasteiger partial charge in [-0.1, -0.05) is 18.2 Å². The van der Waals surface area contributed by atoms with E-state index in [0.29, 0.717) is 12.0 Å². The van der Waals surface area contributed by atoms with Crippen LogP contribution < -0.4 is 0 Å². The van der Waals surface area contributed by atoms with Gasteiger partial charge in [0.2, 0.25) is 0 Å².